The Kier molecular flexibility index (Phi) is 4.38. The number of esters is 1. The lowest BCUT2D eigenvalue weighted by Gasteiger charge is -2.12. The lowest BCUT2D eigenvalue weighted by molar-refractivity contribution is -0.123. The first-order valence-electron chi connectivity index (χ1n) is 7.40. The molecule has 9 heteroatoms. The van der Waals surface area contributed by atoms with Gasteiger partial charge in [0.25, 0.3) is 17.5 Å². The van der Waals surface area contributed by atoms with E-state index >= 15 is 0 Å². The van der Waals surface area contributed by atoms with Crippen molar-refractivity contribution in [2.24, 2.45) is 0 Å². The summed E-state index contributed by atoms with van der Waals surface area (Å²) in [5.41, 5.74) is 1.14. The maximum absolute atomic E-state index is 12.9. The molecule has 1 atom stereocenters. The van der Waals surface area contributed by atoms with Crippen molar-refractivity contribution in [1.29, 1.82) is 0 Å². The third kappa shape index (κ3) is 3.60. The Labute approximate surface area is 141 Å². The highest BCUT2D eigenvalue weighted by Gasteiger charge is 2.22. The summed E-state index contributed by atoms with van der Waals surface area (Å²) in [5.74, 6) is -1.75. The summed E-state index contributed by atoms with van der Waals surface area (Å²) in [7, 11) is 0. The molecule has 3 rings (SSSR count). The van der Waals surface area contributed by atoms with E-state index in [1.807, 2.05) is 0 Å². The molecule has 0 aliphatic carbocycles. The number of hydrogen-bond donors (Lipinski definition) is 1. The molecule has 0 radical (unpaired) electrons. The fourth-order valence-corrected chi connectivity index (χ4v) is 2.04. The van der Waals surface area contributed by atoms with E-state index < -0.39 is 23.8 Å². The molecule has 1 amide bonds. The van der Waals surface area contributed by atoms with Gasteiger partial charge in [0.15, 0.2) is 6.10 Å². The predicted octanol–water partition coefficient (Wildman–Crippen LogP) is 1.76. The molecule has 1 unspecified atom stereocenters. The molecular formula is C16H14FN5O3. The van der Waals surface area contributed by atoms with E-state index in [1.165, 1.54) is 35.7 Å². The topological polar surface area (TPSA) is 98.5 Å². The lowest BCUT2D eigenvalue weighted by atomic mass is 10.3. The van der Waals surface area contributed by atoms with Crippen molar-refractivity contribution in [2.75, 3.05) is 5.32 Å². The van der Waals surface area contributed by atoms with Gasteiger partial charge in [0, 0.05) is 17.6 Å². The average molecular weight is 343 g/mol. The monoisotopic (exact) mass is 343 g/mol. The van der Waals surface area contributed by atoms with Gasteiger partial charge in [-0.05, 0) is 44.2 Å². The summed E-state index contributed by atoms with van der Waals surface area (Å²) in [6.07, 6.45) is 0.464. The van der Waals surface area contributed by atoms with Crippen molar-refractivity contribution in [3.8, 4) is 0 Å². The quantitative estimate of drug-likeness (QED) is 0.725. The number of anilines is 1. The van der Waals surface area contributed by atoms with Gasteiger partial charge in [0.2, 0.25) is 0 Å². The van der Waals surface area contributed by atoms with Crippen LogP contribution in [0.2, 0.25) is 0 Å². The van der Waals surface area contributed by atoms with Crippen LogP contribution in [-0.4, -0.2) is 37.6 Å². The van der Waals surface area contributed by atoms with Crippen LogP contribution in [0.1, 0.15) is 23.2 Å². The fourth-order valence-electron chi connectivity index (χ4n) is 2.04. The summed E-state index contributed by atoms with van der Waals surface area (Å²) >= 11 is 0. The molecule has 1 aromatic carbocycles. The number of benzene rings is 1. The van der Waals surface area contributed by atoms with Gasteiger partial charge in [-0.15, -0.1) is 5.10 Å². The maximum Gasteiger partial charge on any atom is 0.379 e. The molecule has 2 aromatic heterocycles. The minimum Gasteiger partial charge on any atom is -0.447 e. The summed E-state index contributed by atoms with van der Waals surface area (Å²) in [6.45, 7) is 3.20. The Hall–Kier alpha value is -3.36. The minimum atomic E-state index is -1.08. The van der Waals surface area contributed by atoms with Gasteiger partial charge in [-0.25, -0.2) is 18.7 Å². The van der Waals surface area contributed by atoms with Crippen molar-refractivity contribution in [2.45, 2.75) is 20.0 Å². The van der Waals surface area contributed by atoms with Crippen LogP contribution in [0, 0.1) is 12.7 Å². The number of hydrogen-bond acceptors (Lipinski definition) is 6. The number of carbonyl (C=O) groups excluding carboxylic acids is 2. The van der Waals surface area contributed by atoms with Crippen LogP contribution in [-0.2, 0) is 9.53 Å². The minimum absolute atomic E-state index is 0.191. The molecule has 0 spiro atoms. The third-order valence-corrected chi connectivity index (χ3v) is 3.38. The van der Waals surface area contributed by atoms with E-state index in [4.69, 9.17) is 4.74 Å². The van der Waals surface area contributed by atoms with Crippen LogP contribution in [0.3, 0.4) is 0 Å². The van der Waals surface area contributed by atoms with Crippen molar-refractivity contribution in [3.63, 3.8) is 0 Å². The number of carbonyl (C=O) groups is 2. The summed E-state index contributed by atoms with van der Waals surface area (Å²) < 4.78 is 19.3. The number of fused-ring (bicyclic) bond motifs is 1. The Morgan fingerprint density at radius 3 is 2.64 bits per heavy atom. The highest BCUT2D eigenvalue weighted by molar-refractivity contribution is 5.96. The first-order valence-corrected chi connectivity index (χ1v) is 7.40. The Morgan fingerprint density at radius 2 is 1.96 bits per heavy atom. The molecular weight excluding hydrogens is 329 g/mol. The first-order chi connectivity index (χ1) is 11.9. The van der Waals surface area contributed by atoms with E-state index in [0.717, 1.165) is 5.69 Å². The van der Waals surface area contributed by atoms with Gasteiger partial charge < -0.3 is 10.1 Å². The molecule has 128 valence electrons. The SMILES string of the molecule is Cc1ccnc2nc(C(=O)OC(C)C(=O)Nc3ccc(F)cc3)nn12. The molecule has 8 nitrogen and oxygen atoms in total. The van der Waals surface area contributed by atoms with Gasteiger partial charge in [-0.1, -0.05) is 0 Å². The maximum atomic E-state index is 12.9. The molecule has 0 aliphatic rings. The molecule has 0 bridgehead atoms. The average Bonchev–Trinajstić information content (AvgIpc) is 3.02. The molecule has 0 fully saturated rings. The summed E-state index contributed by atoms with van der Waals surface area (Å²) in [5, 5.41) is 6.53. The van der Waals surface area contributed by atoms with Crippen LogP contribution in [0.4, 0.5) is 10.1 Å². The highest BCUT2D eigenvalue weighted by Crippen LogP contribution is 2.10. The Morgan fingerprint density at radius 1 is 1.24 bits per heavy atom. The summed E-state index contributed by atoms with van der Waals surface area (Å²) in [6, 6.07) is 6.94. The van der Waals surface area contributed by atoms with Crippen LogP contribution in [0.15, 0.2) is 36.5 Å². The number of ether oxygens (including phenoxy) is 1. The first kappa shape index (κ1) is 16.5. The molecule has 25 heavy (non-hydrogen) atoms. The van der Waals surface area contributed by atoms with Crippen molar-refractivity contribution in [1.82, 2.24) is 19.6 Å². The number of aryl methyl sites for hydroxylation is 1. The van der Waals surface area contributed by atoms with E-state index in [9.17, 15) is 14.0 Å². The van der Waals surface area contributed by atoms with Crippen LogP contribution < -0.4 is 5.32 Å². The van der Waals surface area contributed by atoms with E-state index in [1.54, 1.807) is 19.2 Å². The standard InChI is InChI=1S/C16H14FN5O3/c1-9-7-8-18-16-20-13(21-22(9)16)15(24)25-10(2)14(23)19-12-5-3-11(17)4-6-12/h3-8,10H,1-2H3,(H,19,23). The van der Waals surface area contributed by atoms with Gasteiger partial charge in [-0.2, -0.15) is 4.98 Å². The zero-order chi connectivity index (χ0) is 18.0. The van der Waals surface area contributed by atoms with E-state index in [-0.39, 0.29) is 11.6 Å². The molecule has 3 aromatic rings. The summed E-state index contributed by atoms with van der Waals surface area (Å²) in [4.78, 5) is 32.1. The molecule has 0 saturated carbocycles. The second-order valence-corrected chi connectivity index (χ2v) is 5.28. The zero-order valence-electron chi connectivity index (χ0n) is 13.4. The number of nitrogens with one attached hydrogen (secondary N) is 1. The fraction of sp³-hybridized carbons (Fsp3) is 0.188. The second kappa shape index (κ2) is 6.63. The number of halogens is 1. The zero-order valence-corrected chi connectivity index (χ0v) is 13.4. The second-order valence-electron chi connectivity index (χ2n) is 5.28. The molecule has 2 heterocycles. The predicted molar refractivity (Wildman–Crippen MR) is 85.4 cm³/mol. The number of nitrogens with zero attached hydrogens (tertiary/aromatic N) is 4. The highest BCUT2D eigenvalue weighted by atomic mass is 19.1. The number of aromatic nitrogens is 4. The van der Waals surface area contributed by atoms with Crippen molar-refractivity contribution < 1.29 is 18.7 Å². The number of rotatable bonds is 4. The smallest absolute Gasteiger partial charge is 0.379 e. The Balaban J connectivity index is 1.67. The van der Waals surface area contributed by atoms with Crippen LogP contribution in [0.5, 0.6) is 0 Å². The van der Waals surface area contributed by atoms with Crippen molar-refractivity contribution >= 4 is 23.3 Å². The van der Waals surface area contributed by atoms with Gasteiger partial charge in [-0.3, -0.25) is 4.79 Å². The normalized spacial score (nSPS) is 12.0. The van der Waals surface area contributed by atoms with Gasteiger partial charge in [0.1, 0.15) is 5.82 Å². The third-order valence-electron chi connectivity index (χ3n) is 3.38. The number of amides is 1. The van der Waals surface area contributed by atoms with Gasteiger partial charge in [0.05, 0.1) is 0 Å². The van der Waals surface area contributed by atoms with Crippen molar-refractivity contribution in [3.05, 3.63) is 53.9 Å². The largest absolute Gasteiger partial charge is 0.447 e. The molecule has 1 N–H and O–H groups in total. The van der Waals surface area contributed by atoms with Crippen LogP contribution in [0.25, 0.3) is 5.78 Å². The lowest BCUT2D eigenvalue weighted by Crippen LogP contribution is -2.30. The molecule has 0 aliphatic heterocycles. The van der Waals surface area contributed by atoms with E-state index in [0.29, 0.717) is 5.69 Å². The van der Waals surface area contributed by atoms with Crippen LogP contribution >= 0.6 is 0 Å². The Bertz CT molecular complexity index is 939. The molecule has 0 saturated heterocycles. The van der Waals surface area contributed by atoms with E-state index in [2.05, 4.69) is 20.4 Å². The van der Waals surface area contributed by atoms with Gasteiger partial charge >= 0.3 is 5.97 Å².